The number of nitrogens with zero attached hydrogens (tertiary/aromatic N) is 5. The fourth-order valence-corrected chi connectivity index (χ4v) is 6.85. The molecule has 0 bridgehead atoms. The normalized spacial score (nSPS) is 20.9. The largest absolute Gasteiger partial charge is 0.378 e. The first-order valence-corrected chi connectivity index (χ1v) is 13.1. The summed E-state index contributed by atoms with van der Waals surface area (Å²) in [6.07, 6.45) is 4.56. The summed E-state index contributed by atoms with van der Waals surface area (Å²) in [5.41, 5.74) is 3.48. The first-order valence-electron chi connectivity index (χ1n) is 12.3. The van der Waals surface area contributed by atoms with Crippen molar-refractivity contribution in [3.8, 4) is 11.4 Å². The number of aromatic amines is 1. The van der Waals surface area contributed by atoms with Crippen LogP contribution in [0.3, 0.4) is 0 Å². The highest BCUT2D eigenvalue weighted by atomic mass is 32.1. The topological polar surface area (TPSA) is 82.2 Å². The Kier molecular flexibility index (Phi) is 5.05. The van der Waals surface area contributed by atoms with E-state index in [9.17, 15) is 0 Å². The van der Waals surface area contributed by atoms with Crippen molar-refractivity contribution in [2.24, 2.45) is 5.41 Å². The van der Waals surface area contributed by atoms with Crippen LogP contribution >= 0.6 is 11.3 Å². The molecule has 1 aromatic carbocycles. The van der Waals surface area contributed by atoms with Gasteiger partial charge in [-0.2, -0.15) is 0 Å². The minimum Gasteiger partial charge on any atom is -0.378 e. The average molecular weight is 476 g/mol. The summed E-state index contributed by atoms with van der Waals surface area (Å²) in [4.78, 5) is 23.3. The maximum absolute atomic E-state index is 5.62. The number of morpholine rings is 1. The molecule has 34 heavy (non-hydrogen) atoms. The van der Waals surface area contributed by atoms with Crippen LogP contribution in [0.2, 0.25) is 0 Å². The zero-order valence-electron chi connectivity index (χ0n) is 19.2. The predicted molar refractivity (Wildman–Crippen MR) is 135 cm³/mol. The second-order valence-corrected chi connectivity index (χ2v) is 11.0. The summed E-state index contributed by atoms with van der Waals surface area (Å²) in [7, 11) is 0. The minimum absolute atomic E-state index is 0.531. The van der Waals surface area contributed by atoms with Crippen LogP contribution in [0.4, 0.5) is 5.82 Å². The van der Waals surface area contributed by atoms with Gasteiger partial charge in [0.2, 0.25) is 0 Å². The second kappa shape index (κ2) is 8.27. The molecule has 6 heterocycles. The van der Waals surface area contributed by atoms with E-state index in [-0.39, 0.29) is 0 Å². The number of nitrogens with one attached hydrogen (secondary N) is 2. The van der Waals surface area contributed by atoms with E-state index in [4.69, 9.17) is 19.7 Å². The van der Waals surface area contributed by atoms with Crippen molar-refractivity contribution >= 4 is 38.4 Å². The molecule has 0 radical (unpaired) electrons. The molecule has 3 saturated heterocycles. The van der Waals surface area contributed by atoms with Crippen molar-refractivity contribution in [1.82, 2.24) is 30.2 Å². The smallest absolute Gasteiger partial charge is 0.176 e. The lowest BCUT2D eigenvalue weighted by atomic mass is 9.72. The number of fused-ring (bicyclic) bond motifs is 2. The van der Waals surface area contributed by atoms with Crippen LogP contribution in [0, 0.1) is 5.41 Å². The highest BCUT2D eigenvalue weighted by Gasteiger charge is 2.43. The van der Waals surface area contributed by atoms with E-state index in [2.05, 4.69) is 44.4 Å². The number of benzene rings is 1. The van der Waals surface area contributed by atoms with E-state index in [0.29, 0.717) is 5.41 Å². The molecule has 8 nitrogen and oxygen atoms in total. The van der Waals surface area contributed by atoms with Gasteiger partial charge >= 0.3 is 0 Å². The molecule has 0 aliphatic carbocycles. The van der Waals surface area contributed by atoms with E-state index in [1.54, 1.807) is 11.3 Å². The summed E-state index contributed by atoms with van der Waals surface area (Å²) < 4.78 is 6.71. The van der Waals surface area contributed by atoms with Gasteiger partial charge in [0.05, 0.1) is 19.8 Å². The van der Waals surface area contributed by atoms with E-state index in [0.717, 1.165) is 89.4 Å². The fourth-order valence-electron chi connectivity index (χ4n) is 5.79. The highest BCUT2D eigenvalue weighted by molar-refractivity contribution is 7.19. The summed E-state index contributed by atoms with van der Waals surface area (Å²) >= 11 is 1.76. The molecule has 3 fully saturated rings. The standard InChI is InChI=1S/C25H29N7OS/c1-2-18(17-4-7-27-19(17)3-1)22-29-23-21(24(30-22)32-10-12-33-13-11-32)34-20(28-23)14-31-15-25(16-31)5-8-26-9-6-25/h1-4,7,26-27H,5-6,8-16H2. The van der Waals surface area contributed by atoms with Gasteiger partial charge in [0, 0.05) is 48.8 Å². The van der Waals surface area contributed by atoms with Crippen LogP contribution < -0.4 is 10.2 Å². The molecule has 2 N–H and O–H groups in total. The Morgan fingerprint density at radius 3 is 2.74 bits per heavy atom. The van der Waals surface area contributed by atoms with E-state index < -0.39 is 0 Å². The summed E-state index contributed by atoms with van der Waals surface area (Å²) in [6, 6.07) is 8.35. The summed E-state index contributed by atoms with van der Waals surface area (Å²) in [6.45, 7) is 8.73. The van der Waals surface area contributed by atoms with E-state index in [1.165, 1.54) is 25.9 Å². The first-order chi connectivity index (χ1) is 16.8. The fraction of sp³-hybridized carbons (Fsp3) is 0.480. The maximum atomic E-state index is 5.62. The molecule has 0 atom stereocenters. The number of hydrogen-bond donors (Lipinski definition) is 2. The minimum atomic E-state index is 0.531. The van der Waals surface area contributed by atoms with Crippen LogP contribution in [-0.4, -0.2) is 77.3 Å². The van der Waals surface area contributed by atoms with E-state index in [1.807, 2.05) is 6.20 Å². The molecule has 0 amide bonds. The number of hydrogen-bond acceptors (Lipinski definition) is 8. The van der Waals surface area contributed by atoms with Gasteiger partial charge in [0.15, 0.2) is 17.3 Å². The van der Waals surface area contributed by atoms with Crippen LogP contribution in [0.1, 0.15) is 17.8 Å². The number of anilines is 1. The first kappa shape index (κ1) is 20.8. The molecular formula is C25H29N7OS. The van der Waals surface area contributed by atoms with Crippen molar-refractivity contribution in [1.29, 1.82) is 0 Å². The zero-order valence-corrected chi connectivity index (χ0v) is 20.0. The summed E-state index contributed by atoms with van der Waals surface area (Å²) in [5.74, 6) is 1.74. The Morgan fingerprint density at radius 2 is 1.88 bits per heavy atom. The number of ether oxygens (including phenoxy) is 1. The molecule has 9 heteroatoms. The molecule has 4 aromatic rings. The van der Waals surface area contributed by atoms with Gasteiger partial charge in [0.1, 0.15) is 9.71 Å². The van der Waals surface area contributed by atoms with Crippen LogP contribution in [-0.2, 0) is 11.3 Å². The van der Waals surface area contributed by atoms with Gasteiger partial charge in [0.25, 0.3) is 0 Å². The molecule has 0 unspecified atom stereocenters. The Morgan fingerprint density at radius 1 is 1.03 bits per heavy atom. The Bertz CT molecular complexity index is 1330. The Labute approximate surface area is 202 Å². The van der Waals surface area contributed by atoms with E-state index >= 15 is 0 Å². The molecule has 3 aliphatic heterocycles. The second-order valence-electron chi connectivity index (χ2n) is 9.87. The third-order valence-electron chi connectivity index (χ3n) is 7.57. The Hall–Kier alpha value is -2.59. The average Bonchev–Trinajstić information content (AvgIpc) is 3.50. The van der Waals surface area contributed by atoms with Crippen LogP contribution in [0.15, 0.2) is 30.5 Å². The van der Waals surface area contributed by atoms with Crippen LogP contribution in [0.25, 0.3) is 32.6 Å². The number of H-pyrrole nitrogens is 1. The number of piperidine rings is 1. The number of aromatic nitrogens is 4. The van der Waals surface area contributed by atoms with Gasteiger partial charge in [-0.25, -0.2) is 15.0 Å². The van der Waals surface area contributed by atoms with Crippen molar-refractivity contribution in [2.75, 3.05) is 57.4 Å². The van der Waals surface area contributed by atoms with Gasteiger partial charge < -0.3 is 19.9 Å². The van der Waals surface area contributed by atoms with Crippen molar-refractivity contribution in [2.45, 2.75) is 19.4 Å². The molecule has 0 saturated carbocycles. The lowest BCUT2D eigenvalue weighted by Crippen LogP contribution is -2.59. The van der Waals surface area contributed by atoms with Crippen molar-refractivity contribution < 1.29 is 4.74 Å². The SMILES string of the molecule is c1cc(-c2nc(N3CCOCC3)c3sc(CN4CC5(CCNCC5)C4)nc3n2)c2cc[nH]c2c1. The zero-order chi connectivity index (χ0) is 22.5. The predicted octanol–water partition coefficient (Wildman–Crippen LogP) is 3.26. The van der Waals surface area contributed by atoms with Gasteiger partial charge in [-0.05, 0) is 43.5 Å². The lowest BCUT2D eigenvalue weighted by molar-refractivity contribution is -0.0282. The molecule has 176 valence electrons. The molecule has 1 spiro atoms. The quantitative estimate of drug-likeness (QED) is 0.469. The monoisotopic (exact) mass is 475 g/mol. The Balaban J connectivity index is 1.25. The van der Waals surface area contributed by atoms with Gasteiger partial charge in [-0.1, -0.05) is 12.1 Å². The summed E-state index contributed by atoms with van der Waals surface area (Å²) in [5, 5.41) is 5.77. The third-order valence-corrected chi connectivity index (χ3v) is 8.59. The lowest BCUT2D eigenvalue weighted by Gasteiger charge is -2.52. The third kappa shape index (κ3) is 3.58. The highest BCUT2D eigenvalue weighted by Crippen LogP contribution is 2.40. The van der Waals surface area contributed by atoms with Crippen LogP contribution in [0.5, 0.6) is 0 Å². The number of likely N-dealkylation sites (tertiary alicyclic amines) is 1. The molecule has 3 aromatic heterocycles. The maximum Gasteiger partial charge on any atom is 0.176 e. The van der Waals surface area contributed by atoms with Crippen molar-refractivity contribution in [3.63, 3.8) is 0 Å². The van der Waals surface area contributed by atoms with Crippen molar-refractivity contribution in [3.05, 3.63) is 35.5 Å². The molecule has 7 rings (SSSR count). The molecular weight excluding hydrogens is 446 g/mol. The molecule has 3 aliphatic rings. The number of rotatable bonds is 4. The van der Waals surface area contributed by atoms with Gasteiger partial charge in [-0.3, -0.25) is 4.90 Å². The van der Waals surface area contributed by atoms with Gasteiger partial charge in [-0.15, -0.1) is 11.3 Å². The number of thiazole rings is 1.